The highest BCUT2D eigenvalue weighted by molar-refractivity contribution is 5.88. The van der Waals surface area contributed by atoms with Gasteiger partial charge in [0.05, 0.1) is 0 Å². The minimum absolute atomic E-state index is 0.0414. The predicted molar refractivity (Wildman–Crippen MR) is 83.1 cm³/mol. The first-order valence-electron chi connectivity index (χ1n) is 7.70. The maximum absolute atomic E-state index is 13.4. The van der Waals surface area contributed by atoms with Gasteiger partial charge in [0.15, 0.2) is 5.60 Å². The van der Waals surface area contributed by atoms with Gasteiger partial charge >= 0.3 is 6.18 Å². The van der Waals surface area contributed by atoms with Crippen LogP contribution in [0.2, 0.25) is 0 Å². The zero-order valence-corrected chi connectivity index (χ0v) is 13.8. The molecule has 0 saturated heterocycles. The summed E-state index contributed by atoms with van der Waals surface area (Å²) < 4.78 is 41.8. The molecule has 126 valence electrons. The molecule has 0 spiro atoms. The van der Waals surface area contributed by atoms with Crippen LogP contribution in [0.5, 0.6) is 0 Å². The van der Waals surface area contributed by atoms with Crippen LogP contribution in [0.4, 0.5) is 13.2 Å². The summed E-state index contributed by atoms with van der Waals surface area (Å²) >= 11 is 0. The first-order chi connectivity index (χ1) is 10.6. The number of hydrogen-bond acceptors (Lipinski definition) is 2. The Bertz CT molecular complexity index is 774. The average Bonchev–Trinajstić information content (AvgIpc) is 2.95. The molecule has 6 heteroatoms. The van der Waals surface area contributed by atoms with Crippen molar-refractivity contribution in [2.75, 3.05) is 6.54 Å². The van der Waals surface area contributed by atoms with E-state index in [-0.39, 0.29) is 5.56 Å². The van der Waals surface area contributed by atoms with Gasteiger partial charge in [0, 0.05) is 42.3 Å². The summed E-state index contributed by atoms with van der Waals surface area (Å²) in [4.78, 5) is 2.23. The number of halogens is 3. The first kappa shape index (κ1) is 16.3. The van der Waals surface area contributed by atoms with Gasteiger partial charge in [-0.05, 0) is 43.7 Å². The number of aliphatic hydroxyl groups is 1. The van der Waals surface area contributed by atoms with E-state index in [4.69, 9.17) is 0 Å². The van der Waals surface area contributed by atoms with Crippen LogP contribution >= 0.6 is 0 Å². The Hall–Kier alpha value is -1.53. The predicted octanol–water partition coefficient (Wildman–Crippen LogP) is 3.59. The Kier molecular flexibility index (Phi) is 3.54. The van der Waals surface area contributed by atoms with Gasteiger partial charge in [-0.1, -0.05) is 6.92 Å². The minimum Gasteiger partial charge on any atom is -0.376 e. The summed E-state index contributed by atoms with van der Waals surface area (Å²) in [6.07, 6.45) is -4.72. The van der Waals surface area contributed by atoms with E-state index >= 15 is 0 Å². The fourth-order valence-corrected chi connectivity index (χ4v) is 3.51. The molecule has 1 aliphatic rings. The number of nitrogens with zero attached hydrogens (tertiary/aromatic N) is 2. The molecular weight excluding hydrogens is 305 g/mol. The molecule has 1 N–H and O–H groups in total. The fraction of sp³-hybridized carbons (Fsp3) is 0.529. The average molecular weight is 326 g/mol. The van der Waals surface area contributed by atoms with Crippen LogP contribution in [0.1, 0.15) is 36.2 Å². The van der Waals surface area contributed by atoms with Crippen LogP contribution in [0.3, 0.4) is 0 Å². The maximum atomic E-state index is 13.4. The topological polar surface area (TPSA) is 28.4 Å². The van der Waals surface area contributed by atoms with Crippen molar-refractivity contribution < 1.29 is 18.3 Å². The summed E-state index contributed by atoms with van der Waals surface area (Å²) in [6.45, 7) is 6.98. The van der Waals surface area contributed by atoms with E-state index in [2.05, 4.69) is 11.8 Å². The molecule has 3 rings (SSSR count). The second-order valence-electron chi connectivity index (χ2n) is 6.53. The molecule has 0 amide bonds. The maximum Gasteiger partial charge on any atom is 0.421 e. The summed E-state index contributed by atoms with van der Waals surface area (Å²) in [5, 5.41) is 10.7. The Morgan fingerprint density at radius 1 is 1.17 bits per heavy atom. The van der Waals surface area contributed by atoms with Crippen molar-refractivity contribution in [1.82, 2.24) is 9.47 Å². The molecule has 0 bridgehead atoms. The quantitative estimate of drug-likeness (QED) is 0.913. The Balaban J connectivity index is 2.27. The van der Waals surface area contributed by atoms with Crippen molar-refractivity contribution in [2.24, 2.45) is 7.05 Å². The highest BCUT2D eigenvalue weighted by Gasteiger charge is 2.53. The SMILES string of the molecule is CCN1Cc2cc3c(C(C)(O)C(F)(F)F)c(C)n(C)c3cc2C1. The second kappa shape index (κ2) is 4.98. The van der Waals surface area contributed by atoms with E-state index in [9.17, 15) is 18.3 Å². The molecule has 0 radical (unpaired) electrons. The summed E-state index contributed by atoms with van der Waals surface area (Å²) in [5.41, 5.74) is 0.466. The minimum atomic E-state index is -4.72. The molecule has 1 aromatic carbocycles. The Morgan fingerprint density at radius 2 is 1.74 bits per heavy atom. The second-order valence-corrected chi connectivity index (χ2v) is 6.53. The molecule has 0 saturated carbocycles. The molecule has 0 fully saturated rings. The molecule has 0 aliphatic carbocycles. The van der Waals surface area contributed by atoms with Crippen LogP contribution in [0.25, 0.3) is 10.9 Å². The molecule has 1 aromatic heterocycles. The van der Waals surface area contributed by atoms with Crippen molar-refractivity contribution in [3.63, 3.8) is 0 Å². The third kappa shape index (κ3) is 2.27. The number of aromatic nitrogens is 1. The van der Waals surface area contributed by atoms with Crippen molar-refractivity contribution in [3.8, 4) is 0 Å². The zero-order valence-electron chi connectivity index (χ0n) is 13.8. The van der Waals surface area contributed by atoms with Crippen molar-refractivity contribution >= 4 is 10.9 Å². The molecule has 1 unspecified atom stereocenters. The zero-order chi connectivity index (χ0) is 17.2. The summed E-state index contributed by atoms with van der Waals surface area (Å²) in [6, 6.07) is 3.78. The molecule has 1 atom stereocenters. The molecule has 1 aliphatic heterocycles. The lowest BCUT2D eigenvalue weighted by Crippen LogP contribution is -2.39. The molecule has 23 heavy (non-hydrogen) atoms. The lowest BCUT2D eigenvalue weighted by molar-refractivity contribution is -0.258. The van der Waals surface area contributed by atoms with Gasteiger partial charge in [0.1, 0.15) is 0 Å². The largest absolute Gasteiger partial charge is 0.421 e. The highest BCUT2D eigenvalue weighted by atomic mass is 19.4. The first-order valence-corrected chi connectivity index (χ1v) is 7.70. The van der Waals surface area contributed by atoms with Crippen molar-refractivity contribution in [3.05, 3.63) is 34.5 Å². The smallest absolute Gasteiger partial charge is 0.376 e. The number of hydrogen-bond donors (Lipinski definition) is 1. The van der Waals surface area contributed by atoms with Gasteiger partial charge in [0.2, 0.25) is 0 Å². The van der Waals surface area contributed by atoms with E-state index in [1.807, 2.05) is 12.1 Å². The normalized spacial score (nSPS) is 18.4. The number of aryl methyl sites for hydroxylation is 1. The van der Waals surface area contributed by atoms with Gasteiger partial charge in [0.25, 0.3) is 0 Å². The van der Waals surface area contributed by atoms with Gasteiger partial charge in [-0.3, -0.25) is 4.90 Å². The third-order valence-corrected chi connectivity index (χ3v) is 5.09. The monoisotopic (exact) mass is 326 g/mol. The lowest BCUT2D eigenvalue weighted by atomic mass is 9.91. The van der Waals surface area contributed by atoms with Gasteiger partial charge < -0.3 is 9.67 Å². The number of fused-ring (bicyclic) bond motifs is 2. The fourth-order valence-electron chi connectivity index (χ4n) is 3.51. The van der Waals surface area contributed by atoms with Gasteiger partial charge in [-0.25, -0.2) is 0 Å². The van der Waals surface area contributed by atoms with Crippen molar-refractivity contribution in [1.29, 1.82) is 0 Å². The van der Waals surface area contributed by atoms with E-state index in [0.29, 0.717) is 11.1 Å². The van der Waals surface area contributed by atoms with E-state index in [1.54, 1.807) is 18.5 Å². The molecule has 2 aromatic rings. The number of benzene rings is 1. The van der Waals surface area contributed by atoms with Gasteiger partial charge in [-0.2, -0.15) is 13.2 Å². The van der Waals surface area contributed by atoms with Crippen LogP contribution in [0.15, 0.2) is 12.1 Å². The standard InChI is InChI=1S/C17H21F3N2O/c1-5-22-8-11-6-13-14(7-12(11)9-22)21(4)10(2)15(13)16(3,23)17(18,19)20/h6-7,23H,5,8-9H2,1-4H3. The van der Waals surface area contributed by atoms with Crippen LogP contribution in [-0.4, -0.2) is 27.3 Å². The van der Waals surface area contributed by atoms with E-state index in [1.165, 1.54) is 0 Å². The molecule has 3 nitrogen and oxygen atoms in total. The van der Waals surface area contributed by atoms with E-state index in [0.717, 1.165) is 43.2 Å². The summed E-state index contributed by atoms with van der Waals surface area (Å²) in [5.74, 6) is 0. The number of alkyl halides is 3. The number of rotatable bonds is 2. The Labute approximate surface area is 133 Å². The van der Waals surface area contributed by atoms with Crippen molar-refractivity contribution in [2.45, 2.75) is 45.6 Å². The van der Waals surface area contributed by atoms with E-state index < -0.39 is 11.8 Å². The Morgan fingerprint density at radius 3 is 2.26 bits per heavy atom. The summed E-state index contributed by atoms with van der Waals surface area (Å²) in [7, 11) is 1.74. The lowest BCUT2D eigenvalue weighted by Gasteiger charge is -2.27. The van der Waals surface area contributed by atoms with Crippen LogP contribution in [0, 0.1) is 6.92 Å². The third-order valence-electron chi connectivity index (χ3n) is 5.09. The van der Waals surface area contributed by atoms with Crippen LogP contribution in [-0.2, 0) is 25.7 Å². The van der Waals surface area contributed by atoms with Gasteiger partial charge in [-0.15, -0.1) is 0 Å². The molecular formula is C17H21F3N2O. The highest BCUT2D eigenvalue weighted by Crippen LogP contribution is 2.44. The molecule has 2 heterocycles. The van der Waals surface area contributed by atoms with Crippen LogP contribution < -0.4 is 0 Å².